The lowest BCUT2D eigenvalue weighted by molar-refractivity contribution is -0.124. The van der Waals surface area contributed by atoms with Gasteiger partial charge < -0.3 is 20.5 Å². The van der Waals surface area contributed by atoms with Crippen LogP contribution in [0.25, 0.3) is 0 Å². The number of benzene rings is 1. The van der Waals surface area contributed by atoms with Crippen LogP contribution in [0.3, 0.4) is 0 Å². The Morgan fingerprint density at radius 3 is 2.84 bits per heavy atom. The number of likely N-dealkylation sites (tertiary alicyclic amines) is 1. The summed E-state index contributed by atoms with van der Waals surface area (Å²) in [5.74, 6) is 0.688. The second-order valence-electron chi connectivity index (χ2n) is 6.12. The van der Waals surface area contributed by atoms with Gasteiger partial charge in [-0.1, -0.05) is 30.3 Å². The Hall–Kier alpha value is -2.83. The molecule has 1 saturated heterocycles. The predicted octanol–water partition coefficient (Wildman–Crippen LogP) is 1.61. The molecule has 1 aromatic heterocycles. The minimum Gasteiger partial charge on any atom is -0.357 e. The van der Waals surface area contributed by atoms with Crippen LogP contribution in [0.15, 0.2) is 42.7 Å². The highest BCUT2D eigenvalue weighted by atomic mass is 16.2. The Morgan fingerprint density at radius 1 is 1.36 bits per heavy atom. The molecular weight excluding hydrogens is 318 g/mol. The van der Waals surface area contributed by atoms with Crippen LogP contribution in [0, 0.1) is 0 Å². The normalized spacial score (nSPS) is 18.0. The van der Waals surface area contributed by atoms with Gasteiger partial charge in [-0.05, 0) is 18.4 Å². The lowest BCUT2D eigenvalue weighted by Crippen LogP contribution is -2.49. The minimum absolute atomic E-state index is 0.116. The van der Waals surface area contributed by atoms with Crippen molar-refractivity contribution < 1.29 is 9.59 Å². The van der Waals surface area contributed by atoms with Crippen molar-refractivity contribution in [2.75, 3.05) is 13.6 Å². The third-order valence-electron chi connectivity index (χ3n) is 4.51. The molecule has 2 heterocycles. The van der Waals surface area contributed by atoms with Crippen LogP contribution in [-0.4, -0.2) is 46.4 Å². The van der Waals surface area contributed by atoms with Crippen LogP contribution < -0.4 is 10.6 Å². The maximum absolute atomic E-state index is 12.8. The highest BCUT2D eigenvalue weighted by molar-refractivity contribution is 5.87. The summed E-state index contributed by atoms with van der Waals surface area (Å²) in [6.07, 6.45) is 5.55. The van der Waals surface area contributed by atoms with E-state index in [1.165, 1.54) is 0 Å². The number of likely N-dealkylation sites (N-methyl/N-ethyl adjacent to an activating group) is 1. The molecule has 3 N–H and O–H groups in total. The number of aromatic nitrogens is 2. The highest BCUT2D eigenvalue weighted by Gasteiger charge is 2.34. The van der Waals surface area contributed by atoms with Crippen molar-refractivity contribution in [1.29, 1.82) is 0 Å². The molecule has 0 aliphatic carbocycles. The molecule has 7 heteroatoms. The first-order chi connectivity index (χ1) is 12.2. The van der Waals surface area contributed by atoms with Crippen molar-refractivity contribution in [2.45, 2.75) is 31.3 Å². The molecule has 1 aliphatic rings. The zero-order valence-corrected chi connectivity index (χ0v) is 14.2. The van der Waals surface area contributed by atoms with Crippen molar-refractivity contribution in [3.8, 4) is 0 Å². The molecule has 1 aromatic carbocycles. The second kappa shape index (κ2) is 7.83. The van der Waals surface area contributed by atoms with E-state index in [4.69, 9.17) is 0 Å². The van der Waals surface area contributed by atoms with Gasteiger partial charge in [0.1, 0.15) is 11.9 Å². The first-order valence-corrected chi connectivity index (χ1v) is 8.51. The largest absolute Gasteiger partial charge is 0.357 e. The summed E-state index contributed by atoms with van der Waals surface area (Å²) in [5, 5.41) is 5.71. The standard InChI is InChI=1S/C18H23N5O2/c1-19-17(24)15-8-5-11-23(15)18(25)22-14(12-16-20-9-10-21-16)13-6-3-2-4-7-13/h2-4,6-7,9-10,14-15H,5,8,11-12H2,1H3,(H,19,24)(H,20,21)(H,22,25)/t14-,15+/m1/s1. The Balaban J connectivity index is 1.75. The number of urea groups is 1. The topological polar surface area (TPSA) is 90.1 Å². The van der Waals surface area contributed by atoms with Crippen molar-refractivity contribution >= 4 is 11.9 Å². The number of hydrogen-bond acceptors (Lipinski definition) is 3. The summed E-state index contributed by atoms with van der Waals surface area (Å²) < 4.78 is 0. The number of imidazole rings is 1. The summed E-state index contributed by atoms with van der Waals surface area (Å²) in [4.78, 5) is 33.7. The first-order valence-electron chi connectivity index (χ1n) is 8.51. The van der Waals surface area contributed by atoms with Gasteiger partial charge in [-0.3, -0.25) is 4.79 Å². The zero-order chi connectivity index (χ0) is 17.6. The van der Waals surface area contributed by atoms with E-state index in [-0.39, 0.29) is 18.0 Å². The van der Waals surface area contributed by atoms with Gasteiger partial charge in [0.05, 0.1) is 6.04 Å². The fraction of sp³-hybridized carbons (Fsp3) is 0.389. The molecule has 25 heavy (non-hydrogen) atoms. The molecule has 0 saturated carbocycles. The van der Waals surface area contributed by atoms with E-state index in [1.54, 1.807) is 24.3 Å². The number of H-pyrrole nitrogens is 1. The van der Waals surface area contributed by atoms with Crippen LogP contribution in [0.5, 0.6) is 0 Å². The van der Waals surface area contributed by atoms with Crippen molar-refractivity contribution in [1.82, 2.24) is 25.5 Å². The molecule has 0 radical (unpaired) electrons. The van der Waals surface area contributed by atoms with E-state index in [1.807, 2.05) is 30.3 Å². The molecule has 1 aliphatic heterocycles. The van der Waals surface area contributed by atoms with E-state index in [9.17, 15) is 9.59 Å². The summed E-state index contributed by atoms with van der Waals surface area (Å²) in [6, 6.07) is 8.96. The van der Waals surface area contributed by atoms with E-state index in [0.717, 1.165) is 17.8 Å². The molecule has 3 rings (SSSR count). The minimum atomic E-state index is -0.398. The molecule has 132 valence electrons. The SMILES string of the molecule is CNC(=O)[C@@H]1CCCN1C(=O)N[C@H](Cc1ncc[nH]1)c1ccccc1. The molecule has 2 atom stereocenters. The summed E-state index contributed by atoms with van der Waals surface area (Å²) in [5.41, 5.74) is 1.00. The van der Waals surface area contributed by atoms with Crippen LogP contribution in [0.1, 0.15) is 30.3 Å². The monoisotopic (exact) mass is 341 g/mol. The van der Waals surface area contributed by atoms with E-state index >= 15 is 0 Å². The van der Waals surface area contributed by atoms with Gasteiger partial charge in [0.2, 0.25) is 5.91 Å². The predicted molar refractivity (Wildman–Crippen MR) is 93.8 cm³/mol. The van der Waals surface area contributed by atoms with Gasteiger partial charge in [-0.2, -0.15) is 0 Å². The van der Waals surface area contributed by atoms with E-state index in [2.05, 4.69) is 20.6 Å². The number of nitrogens with one attached hydrogen (secondary N) is 3. The average Bonchev–Trinajstić information content (AvgIpc) is 3.33. The fourth-order valence-electron chi connectivity index (χ4n) is 3.22. The first kappa shape index (κ1) is 17.0. The van der Waals surface area contributed by atoms with Crippen LogP contribution >= 0.6 is 0 Å². The van der Waals surface area contributed by atoms with Crippen LogP contribution in [0.2, 0.25) is 0 Å². The number of carbonyl (C=O) groups excluding carboxylic acids is 2. The fourth-order valence-corrected chi connectivity index (χ4v) is 3.22. The molecule has 0 bridgehead atoms. The molecule has 1 fully saturated rings. The summed E-state index contributed by atoms with van der Waals surface area (Å²) in [6.45, 7) is 0.589. The molecule has 0 spiro atoms. The molecule has 3 amide bonds. The number of hydrogen-bond donors (Lipinski definition) is 3. The zero-order valence-electron chi connectivity index (χ0n) is 14.2. The maximum Gasteiger partial charge on any atom is 0.318 e. The summed E-state index contributed by atoms with van der Waals surface area (Å²) >= 11 is 0. The number of amides is 3. The van der Waals surface area contributed by atoms with Gasteiger partial charge >= 0.3 is 6.03 Å². The number of rotatable bonds is 5. The number of carbonyl (C=O) groups is 2. The number of aromatic amines is 1. The van der Waals surface area contributed by atoms with Gasteiger partial charge in [0.15, 0.2) is 0 Å². The lowest BCUT2D eigenvalue weighted by atomic mass is 10.0. The van der Waals surface area contributed by atoms with Crippen LogP contribution in [0.4, 0.5) is 4.79 Å². The summed E-state index contributed by atoms with van der Waals surface area (Å²) in [7, 11) is 1.60. The highest BCUT2D eigenvalue weighted by Crippen LogP contribution is 2.21. The lowest BCUT2D eigenvalue weighted by Gasteiger charge is -2.27. The second-order valence-corrected chi connectivity index (χ2v) is 6.12. The molecule has 7 nitrogen and oxygen atoms in total. The van der Waals surface area contributed by atoms with Gasteiger partial charge in [0.25, 0.3) is 0 Å². The smallest absolute Gasteiger partial charge is 0.318 e. The Morgan fingerprint density at radius 2 is 2.16 bits per heavy atom. The molecular formula is C18H23N5O2. The van der Waals surface area contributed by atoms with Gasteiger partial charge in [-0.15, -0.1) is 0 Å². The third kappa shape index (κ3) is 3.99. The quantitative estimate of drug-likeness (QED) is 0.772. The van der Waals surface area contributed by atoms with Crippen molar-refractivity contribution in [2.24, 2.45) is 0 Å². The van der Waals surface area contributed by atoms with Crippen molar-refractivity contribution in [3.05, 3.63) is 54.1 Å². The van der Waals surface area contributed by atoms with Gasteiger partial charge in [0, 0.05) is 32.4 Å². The molecule has 2 aromatic rings. The average molecular weight is 341 g/mol. The van der Waals surface area contributed by atoms with Crippen molar-refractivity contribution in [3.63, 3.8) is 0 Å². The Bertz CT molecular complexity index is 702. The van der Waals surface area contributed by atoms with E-state index in [0.29, 0.717) is 19.4 Å². The Labute approximate surface area is 146 Å². The van der Waals surface area contributed by atoms with E-state index < -0.39 is 6.04 Å². The van der Waals surface area contributed by atoms with Crippen LogP contribution in [-0.2, 0) is 11.2 Å². The maximum atomic E-state index is 12.8. The number of nitrogens with zero attached hydrogens (tertiary/aromatic N) is 2. The Kier molecular flexibility index (Phi) is 5.33. The molecule has 0 unspecified atom stereocenters. The van der Waals surface area contributed by atoms with Gasteiger partial charge in [-0.25, -0.2) is 9.78 Å². The third-order valence-corrected chi connectivity index (χ3v) is 4.51.